The summed E-state index contributed by atoms with van der Waals surface area (Å²) in [5.41, 5.74) is 2.42. The van der Waals surface area contributed by atoms with E-state index in [0.29, 0.717) is 17.4 Å². The molecule has 0 bridgehead atoms. The van der Waals surface area contributed by atoms with Crippen LogP contribution in [0, 0.1) is 5.92 Å². The van der Waals surface area contributed by atoms with Crippen molar-refractivity contribution >= 4 is 11.6 Å². The Bertz CT molecular complexity index is 664. The summed E-state index contributed by atoms with van der Waals surface area (Å²) >= 11 is 0. The van der Waals surface area contributed by atoms with E-state index in [0.717, 1.165) is 12.3 Å². The summed E-state index contributed by atoms with van der Waals surface area (Å²) in [5.74, 6) is 0.578. The predicted octanol–water partition coefficient (Wildman–Crippen LogP) is 2.82. The highest BCUT2D eigenvalue weighted by Crippen LogP contribution is 2.41. The zero-order chi connectivity index (χ0) is 14.2. The molecule has 2 atom stereocenters. The number of amides is 1. The molecule has 1 amide bonds. The number of anilines is 1. The van der Waals surface area contributed by atoms with E-state index in [4.69, 9.17) is 0 Å². The maximum absolute atomic E-state index is 12.3. The zero-order valence-electron chi connectivity index (χ0n) is 11.8. The molecule has 108 valence electrons. The van der Waals surface area contributed by atoms with E-state index in [1.165, 1.54) is 31.4 Å². The first-order valence-corrected chi connectivity index (χ1v) is 7.61. The molecule has 3 heterocycles. The summed E-state index contributed by atoms with van der Waals surface area (Å²) in [5, 5.41) is 7.40. The fourth-order valence-electron chi connectivity index (χ4n) is 3.63. The topological polar surface area (TPSA) is 59.8 Å². The van der Waals surface area contributed by atoms with E-state index in [1.807, 2.05) is 12.1 Å². The van der Waals surface area contributed by atoms with Crippen LogP contribution in [0.4, 0.5) is 5.69 Å². The van der Waals surface area contributed by atoms with Crippen molar-refractivity contribution in [2.75, 3.05) is 5.32 Å². The molecule has 0 aromatic carbocycles. The predicted molar refractivity (Wildman–Crippen MR) is 79.1 cm³/mol. The second kappa shape index (κ2) is 4.98. The molecule has 1 fully saturated rings. The van der Waals surface area contributed by atoms with Gasteiger partial charge >= 0.3 is 0 Å². The lowest BCUT2D eigenvalue weighted by Crippen LogP contribution is -2.20. The van der Waals surface area contributed by atoms with Gasteiger partial charge in [0.2, 0.25) is 0 Å². The van der Waals surface area contributed by atoms with Gasteiger partial charge < -0.3 is 5.32 Å². The fourth-order valence-corrected chi connectivity index (χ4v) is 3.63. The lowest BCUT2D eigenvalue weighted by molar-refractivity contribution is 0.102. The molecule has 0 radical (unpaired) electrons. The van der Waals surface area contributed by atoms with Gasteiger partial charge in [-0.3, -0.25) is 14.5 Å². The first-order chi connectivity index (χ1) is 10.3. The lowest BCUT2D eigenvalue weighted by atomic mass is 9.85. The van der Waals surface area contributed by atoms with Crippen LogP contribution in [0.2, 0.25) is 0 Å². The molecule has 1 aliphatic carbocycles. The minimum absolute atomic E-state index is 0.155. The highest BCUT2D eigenvalue weighted by molar-refractivity contribution is 6.02. The lowest BCUT2D eigenvalue weighted by Gasteiger charge is -2.25. The summed E-state index contributed by atoms with van der Waals surface area (Å²) in [6.07, 6.45) is 9.49. The molecule has 5 nitrogen and oxygen atoms in total. The molecule has 21 heavy (non-hydrogen) atoms. The number of carbonyl (C=O) groups excluding carboxylic acids is 1. The van der Waals surface area contributed by atoms with E-state index in [-0.39, 0.29) is 5.91 Å². The van der Waals surface area contributed by atoms with Gasteiger partial charge in [-0.15, -0.1) is 0 Å². The van der Waals surface area contributed by atoms with Gasteiger partial charge in [0.1, 0.15) is 0 Å². The fraction of sp³-hybridized carbons (Fsp3) is 0.438. The van der Waals surface area contributed by atoms with Gasteiger partial charge in [-0.1, -0.05) is 12.8 Å². The van der Waals surface area contributed by atoms with E-state index < -0.39 is 0 Å². The third kappa shape index (κ3) is 2.22. The first kappa shape index (κ1) is 12.6. The third-order valence-corrected chi connectivity index (χ3v) is 4.62. The van der Waals surface area contributed by atoms with Crippen molar-refractivity contribution in [3.05, 3.63) is 42.0 Å². The standard InChI is InChI=1S/C16H18N4O/c21-16(18-12-5-3-7-17-10-12)14-9-13-8-11-4-1-2-6-15(11)20(13)19-14/h3,5,7,9-11,15H,1-2,4,6,8H2,(H,18,21). The molecule has 4 rings (SSSR count). The maximum Gasteiger partial charge on any atom is 0.276 e. The molecule has 1 saturated carbocycles. The van der Waals surface area contributed by atoms with E-state index in [9.17, 15) is 4.79 Å². The highest BCUT2D eigenvalue weighted by Gasteiger charge is 2.35. The Balaban J connectivity index is 1.54. The average molecular weight is 282 g/mol. The second-order valence-electron chi connectivity index (χ2n) is 5.98. The van der Waals surface area contributed by atoms with Crippen molar-refractivity contribution in [1.29, 1.82) is 0 Å². The molecule has 2 unspecified atom stereocenters. The van der Waals surface area contributed by atoms with E-state index in [1.54, 1.807) is 18.5 Å². The maximum atomic E-state index is 12.3. The quantitative estimate of drug-likeness (QED) is 0.921. The molecule has 0 saturated heterocycles. The number of pyridine rings is 1. The number of fused-ring (bicyclic) bond motifs is 3. The van der Waals surface area contributed by atoms with Crippen LogP contribution < -0.4 is 5.32 Å². The Kier molecular flexibility index (Phi) is 2.98. The van der Waals surface area contributed by atoms with Crippen LogP contribution in [0.1, 0.15) is 47.9 Å². The minimum Gasteiger partial charge on any atom is -0.319 e. The molecule has 2 aliphatic rings. The van der Waals surface area contributed by atoms with Crippen LogP contribution in [-0.4, -0.2) is 20.7 Å². The molecule has 1 aliphatic heterocycles. The Morgan fingerprint density at radius 3 is 3.10 bits per heavy atom. The Morgan fingerprint density at radius 2 is 2.24 bits per heavy atom. The SMILES string of the molecule is O=C(Nc1cccnc1)c1cc2n(n1)C1CCCCC1C2. The van der Waals surface area contributed by atoms with Gasteiger partial charge in [-0.05, 0) is 43.4 Å². The normalized spacial score (nSPS) is 23.4. The molecular formula is C16H18N4O. The first-order valence-electron chi connectivity index (χ1n) is 7.61. The Hall–Kier alpha value is -2.17. The van der Waals surface area contributed by atoms with Crippen molar-refractivity contribution < 1.29 is 4.79 Å². The monoisotopic (exact) mass is 282 g/mol. The van der Waals surface area contributed by atoms with Crippen molar-refractivity contribution in [2.45, 2.75) is 38.1 Å². The number of hydrogen-bond donors (Lipinski definition) is 1. The Morgan fingerprint density at radius 1 is 1.33 bits per heavy atom. The van der Waals surface area contributed by atoms with Crippen molar-refractivity contribution in [3.8, 4) is 0 Å². The number of nitrogens with one attached hydrogen (secondary N) is 1. The highest BCUT2D eigenvalue weighted by atomic mass is 16.2. The third-order valence-electron chi connectivity index (χ3n) is 4.62. The smallest absolute Gasteiger partial charge is 0.276 e. The van der Waals surface area contributed by atoms with Crippen LogP contribution in [0.15, 0.2) is 30.6 Å². The number of hydrogen-bond acceptors (Lipinski definition) is 3. The molecule has 1 N–H and O–H groups in total. The van der Waals surface area contributed by atoms with Crippen LogP contribution in [0.25, 0.3) is 0 Å². The van der Waals surface area contributed by atoms with Crippen LogP contribution in [-0.2, 0) is 6.42 Å². The van der Waals surface area contributed by atoms with Gasteiger partial charge in [-0.25, -0.2) is 0 Å². The molecule has 5 heteroatoms. The van der Waals surface area contributed by atoms with Crippen LogP contribution >= 0.6 is 0 Å². The van der Waals surface area contributed by atoms with Gasteiger partial charge in [-0.2, -0.15) is 5.10 Å². The summed E-state index contributed by atoms with van der Waals surface area (Å²) in [7, 11) is 0. The molecular weight excluding hydrogens is 264 g/mol. The van der Waals surface area contributed by atoms with E-state index in [2.05, 4.69) is 20.1 Å². The number of carbonyl (C=O) groups is 1. The van der Waals surface area contributed by atoms with Gasteiger partial charge in [0.05, 0.1) is 17.9 Å². The minimum atomic E-state index is -0.155. The summed E-state index contributed by atoms with van der Waals surface area (Å²) < 4.78 is 2.10. The second-order valence-corrected chi connectivity index (χ2v) is 5.98. The summed E-state index contributed by atoms with van der Waals surface area (Å²) in [6, 6.07) is 6.08. The summed E-state index contributed by atoms with van der Waals surface area (Å²) in [6.45, 7) is 0. The van der Waals surface area contributed by atoms with Gasteiger partial charge in [0, 0.05) is 11.9 Å². The average Bonchev–Trinajstić information content (AvgIpc) is 3.06. The molecule has 2 aromatic rings. The molecule has 0 spiro atoms. The van der Waals surface area contributed by atoms with Crippen molar-refractivity contribution in [2.24, 2.45) is 5.92 Å². The number of nitrogens with zero attached hydrogens (tertiary/aromatic N) is 3. The van der Waals surface area contributed by atoms with Gasteiger partial charge in [0.25, 0.3) is 5.91 Å². The van der Waals surface area contributed by atoms with E-state index >= 15 is 0 Å². The largest absolute Gasteiger partial charge is 0.319 e. The van der Waals surface area contributed by atoms with Gasteiger partial charge in [0.15, 0.2) is 5.69 Å². The van der Waals surface area contributed by atoms with Crippen LogP contribution in [0.3, 0.4) is 0 Å². The molecule has 2 aromatic heterocycles. The Labute approximate surface area is 123 Å². The zero-order valence-corrected chi connectivity index (χ0v) is 11.8. The summed E-state index contributed by atoms with van der Waals surface area (Å²) in [4.78, 5) is 16.3. The number of rotatable bonds is 2. The van der Waals surface area contributed by atoms with Crippen LogP contribution in [0.5, 0.6) is 0 Å². The van der Waals surface area contributed by atoms with Crippen molar-refractivity contribution in [3.63, 3.8) is 0 Å². The van der Waals surface area contributed by atoms with Crippen molar-refractivity contribution in [1.82, 2.24) is 14.8 Å². The number of aromatic nitrogens is 3.